The zero-order valence-corrected chi connectivity index (χ0v) is 13.8. The maximum atomic E-state index is 11.6. The van der Waals surface area contributed by atoms with Crippen molar-refractivity contribution in [1.82, 2.24) is 4.98 Å². The van der Waals surface area contributed by atoms with Crippen LogP contribution in [-0.4, -0.2) is 32.5 Å². The number of hydrogen-bond acceptors (Lipinski definition) is 5. The number of pyridine rings is 1. The lowest BCUT2D eigenvalue weighted by atomic mass is 10.2. The van der Waals surface area contributed by atoms with E-state index >= 15 is 0 Å². The summed E-state index contributed by atoms with van der Waals surface area (Å²) < 4.78 is 23.3. The fraction of sp³-hybridized carbons (Fsp3) is 0.312. The molecular weight excluding hydrogens is 312 g/mol. The number of rotatable bonds is 4. The fourth-order valence-corrected chi connectivity index (χ4v) is 3.44. The molecule has 0 amide bonds. The summed E-state index contributed by atoms with van der Waals surface area (Å²) in [4.78, 5) is 6.44. The standard InChI is InChI=1S/C16H20N4O2S/c1-12-4-6-14(7-5-12)20-10-8-13(11-20)19-16-15(23(17,21)22)3-2-9-18-16/h2-7,9,13H,8,10-11H2,1H3,(H,18,19)(H2,17,21,22). The molecular formula is C16H20N4O2S. The Morgan fingerprint density at radius 1 is 1.26 bits per heavy atom. The van der Waals surface area contributed by atoms with Gasteiger partial charge >= 0.3 is 0 Å². The summed E-state index contributed by atoms with van der Waals surface area (Å²) in [5, 5.41) is 8.46. The SMILES string of the molecule is Cc1ccc(N2CCC(Nc3ncccc3S(N)(=O)=O)C2)cc1. The van der Waals surface area contributed by atoms with E-state index in [0.717, 1.165) is 19.5 Å². The van der Waals surface area contributed by atoms with E-state index < -0.39 is 10.0 Å². The van der Waals surface area contributed by atoms with Gasteiger partial charge in [-0.25, -0.2) is 18.5 Å². The molecule has 1 aromatic heterocycles. The van der Waals surface area contributed by atoms with Crippen molar-refractivity contribution in [2.45, 2.75) is 24.3 Å². The summed E-state index contributed by atoms with van der Waals surface area (Å²) >= 11 is 0. The zero-order valence-electron chi connectivity index (χ0n) is 12.9. The molecule has 7 heteroatoms. The Morgan fingerprint density at radius 3 is 2.70 bits per heavy atom. The summed E-state index contributed by atoms with van der Waals surface area (Å²) in [6.07, 6.45) is 2.47. The van der Waals surface area contributed by atoms with Gasteiger partial charge in [-0.05, 0) is 37.6 Å². The first kappa shape index (κ1) is 15.8. The van der Waals surface area contributed by atoms with Gasteiger partial charge in [0.15, 0.2) is 0 Å². The Labute approximate surface area is 136 Å². The molecule has 0 saturated carbocycles. The number of benzene rings is 1. The third-order valence-corrected chi connectivity index (χ3v) is 4.95. The van der Waals surface area contributed by atoms with Crippen LogP contribution in [0.25, 0.3) is 0 Å². The summed E-state index contributed by atoms with van der Waals surface area (Å²) in [5.74, 6) is 0.325. The van der Waals surface area contributed by atoms with E-state index in [9.17, 15) is 8.42 Å². The number of hydrogen-bond donors (Lipinski definition) is 2. The minimum atomic E-state index is -3.78. The zero-order chi connectivity index (χ0) is 16.4. The minimum Gasteiger partial charge on any atom is -0.369 e. The highest BCUT2D eigenvalue weighted by Gasteiger charge is 2.25. The van der Waals surface area contributed by atoms with Gasteiger partial charge in [0, 0.05) is 31.0 Å². The van der Waals surface area contributed by atoms with Crippen LogP contribution in [0.5, 0.6) is 0 Å². The van der Waals surface area contributed by atoms with Crippen LogP contribution in [0.2, 0.25) is 0 Å². The molecule has 23 heavy (non-hydrogen) atoms. The van der Waals surface area contributed by atoms with Crippen LogP contribution < -0.4 is 15.4 Å². The summed E-state index contributed by atoms with van der Waals surface area (Å²) in [5.41, 5.74) is 2.40. The van der Waals surface area contributed by atoms with Crippen molar-refractivity contribution < 1.29 is 8.42 Å². The topological polar surface area (TPSA) is 88.3 Å². The first-order chi connectivity index (χ1) is 10.9. The molecule has 1 aliphatic heterocycles. The molecule has 1 unspecified atom stereocenters. The lowest BCUT2D eigenvalue weighted by molar-refractivity contribution is 0.597. The maximum Gasteiger partial charge on any atom is 0.241 e. The summed E-state index contributed by atoms with van der Waals surface area (Å²) in [7, 11) is -3.78. The van der Waals surface area contributed by atoms with E-state index in [1.807, 2.05) is 0 Å². The molecule has 0 bridgehead atoms. The highest BCUT2D eigenvalue weighted by molar-refractivity contribution is 7.89. The average molecular weight is 332 g/mol. The lowest BCUT2D eigenvalue weighted by Crippen LogP contribution is -2.27. The number of nitrogens with zero attached hydrogens (tertiary/aromatic N) is 2. The van der Waals surface area contributed by atoms with Crippen LogP contribution >= 0.6 is 0 Å². The molecule has 1 aromatic carbocycles. The van der Waals surface area contributed by atoms with Gasteiger partial charge in [-0.3, -0.25) is 0 Å². The van der Waals surface area contributed by atoms with Gasteiger partial charge in [-0.15, -0.1) is 0 Å². The van der Waals surface area contributed by atoms with E-state index in [4.69, 9.17) is 5.14 Å². The van der Waals surface area contributed by atoms with Crippen LogP contribution in [-0.2, 0) is 10.0 Å². The van der Waals surface area contributed by atoms with Crippen molar-refractivity contribution in [2.75, 3.05) is 23.3 Å². The van der Waals surface area contributed by atoms with E-state index in [-0.39, 0.29) is 10.9 Å². The Hall–Kier alpha value is -2.12. The van der Waals surface area contributed by atoms with E-state index in [0.29, 0.717) is 5.82 Å². The van der Waals surface area contributed by atoms with Gasteiger partial charge in [0.2, 0.25) is 10.0 Å². The van der Waals surface area contributed by atoms with Crippen molar-refractivity contribution in [3.05, 3.63) is 48.2 Å². The maximum absolute atomic E-state index is 11.6. The Bertz CT molecular complexity index is 790. The number of aromatic nitrogens is 1. The van der Waals surface area contributed by atoms with Crippen molar-refractivity contribution in [1.29, 1.82) is 0 Å². The second kappa shape index (κ2) is 6.17. The van der Waals surface area contributed by atoms with Crippen molar-refractivity contribution in [2.24, 2.45) is 5.14 Å². The molecule has 122 valence electrons. The average Bonchev–Trinajstić information content (AvgIpc) is 2.96. The number of nitrogens with one attached hydrogen (secondary N) is 1. The van der Waals surface area contributed by atoms with Gasteiger partial charge in [0.25, 0.3) is 0 Å². The van der Waals surface area contributed by atoms with Gasteiger partial charge in [-0.1, -0.05) is 17.7 Å². The van der Waals surface area contributed by atoms with Crippen LogP contribution in [0.3, 0.4) is 0 Å². The van der Waals surface area contributed by atoms with Crippen molar-refractivity contribution in [3.8, 4) is 0 Å². The number of sulfonamides is 1. The van der Waals surface area contributed by atoms with Crippen LogP contribution in [0, 0.1) is 6.92 Å². The van der Waals surface area contributed by atoms with Gasteiger partial charge in [0.05, 0.1) is 0 Å². The van der Waals surface area contributed by atoms with Crippen molar-refractivity contribution in [3.63, 3.8) is 0 Å². The number of aryl methyl sites for hydroxylation is 1. The van der Waals surface area contributed by atoms with Crippen molar-refractivity contribution >= 4 is 21.5 Å². The molecule has 1 atom stereocenters. The Morgan fingerprint density at radius 2 is 2.00 bits per heavy atom. The second-order valence-electron chi connectivity index (χ2n) is 5.81. The second-order valence-corrected chi connectivity index (χ2v) is 7.34. The number of anilines is 2. The van der Waals surface area contributed by atoms with Crippen LogP contribution in [0.15, 0.2) is 47.5 Å². The van der Waals surface area contributed by atoms with E-state index in [1.165, 1.54) is 17.3 Å². The van der Waals surface area contributed by atoms with Crippen LogP contribution in [0.4, 0.5) is 11.5 Å². The minimum absolute atomic E-state index is 0.0359. The lowest BCUT2D eigenvalue weighted by Gasteiger charge is -2.20. The molecule has 0 spiro atoms. The molecule has 2 heterocycles. The number of primary sulfonamides is 1. The third-order valence-electron chi connectivity index (χ3n) is 4.01. The summed E-state index contributed by atoms with van der Waals surface area (Å²) in [6, 6.07) is 11.6. The molecule has 1 fully saturated rings. The molecule has 6 nitrogen and oxygen atoms in total. The largest absolute Gasteiger partial charge is 0.369 e. The summed E-state index contributed by atoms with van der Waals surface area (Å²) in [6.45, 7) is 3.77. The normalized spacial score (nSPS) is 18.2. The molecule has 1 saturated heterocycles. The fourth-order valence-electron chi connectivity index (χ4n) is 2.79. The monoisotopic (exact) mass is 332 g/mol. The number of nitrogens with two attached hydrogens (primary N) is 1. The first-order valence-corrected chi connectivity index (χ1v) is 9.04. The molecule has 0 radical (unpaired) electrons. The highest BCUT2D eigenvalue weighted by Crippen LogP contribution is 2.24. The van der Waals surface area contributed by atoms with E-state index in [1.54, 1.807) is 12.3 Å². The Balaban J connectivity index is 1.73. The van der Waals surface area contributed by atoms with Gasteiger partial charge in [0.1, 0.15) is 10.7 Å². The molecule has 3 rings (SSSR count). The molecule has 0 aliphatic carbocycles. The van der Waals surface area contributed by atoms with Gasteiger partial charge in [-0.2, -0.15) is 0 Å². The predicted octanol–water partition coefficient (Wildman–Crippen LogP) is 1.73. The van der Waals surface area contributed by atoms with Gasteiger partial charge < -0.3 is 10.2 Å². The predicted molar refractivity (Wildman–Crippen MR) is 91.0 cm³/mol. The smallest absolute Gasteiger partial charge is 0.241 e. The quantitative estimate of drug-likeness (QED) is 0.890. The molecule has 2 aromatic rings. The molecule has 3 N–H and O–H groups in total. The van der Waals surface area contributed by atoms with Crippen LogP contribution in [0.1, 0.15) is 12.0 Å². The van der Waals surface area contributed by atoms with E-state index in [2.05, 4.69) is 46.4 Å². The Kier molecular flexibility index (Phi) is 4.23. The highest BCUT2D eigenvalue weighted by atomic mass is 32.2. The third kappa shape index (κ3) is 3.62. The first-order valence-electron chi connectivity index (χ1n) is 7.49. The molecule has 1 aliphatic rings.